The summed E-state index contributed by atoms with van der Waals surface area (Å²) in [6.07, 6.45) is 2.06. The van der Waals surface area contributed by atoms with Crippen LogP contribution in [0.25, 0.3) is 5.69 Å². The third-order valence-electron chi connectivity index (χ3n) is 5.80. The number of carbonyl (C=O) groups excluding carboxylic acids is 1. The quantitative estimate of drug-likeness (QED) is 0.570. The molecular weight excluding hydrogens is 386 g/mol. The van der Waals surface area contributed by atoms with Gasteiger partial charge in [0.25, 0.3) is 5.91 Å². The summed E-state index contributed by atoms with van der Waals surface area (Å²) in [7, 11) is 0. The molecule has 162 valence electrons. The number of hydrogen-bond acceptors (Lipinski definition) is 4. The van der Waals surface area contributed by atoms with Crippen LogP contribution in [0.4, 0.5) is 5.69 Å². The highest BCUT2D eigenvalue weighted by molar-refractivity contribution is 5.92. The van der Waals surface area contributed by atoms with Crippen LogP contribution in [0.3, 0.4) is 0 Å². The molecule has 0 aliphatic carbocycles. The SMILES string of the molecule is Cc1cc(C(=O)NCCCCN2CCN(c3ccccc3)CC2)nn1-c1ccccc1. The van der Waals surface area contributed by atoms with Crippen molar-refractivity contribution in [2.75, 3.05) is 44.2 Å². The van der Waals surface area contributed by atoms with E-state index in [1.54, 1.807) is 0 Å². The minimum atomic E-state index is -0.103. The number of rotatable bonds is 8. The summed E-state index contributed by atoms with van der Waals surface area (Å²) in [5.74, 6) is -0.103. The Labute approximate surface area is 184 Å². The van der Waals surface area contributed by atoms with Gasteiger partial charge >= 0.3 is 0 Å². The predicted molar refractivity (Wildman–Crippen MR) is 125 cm³/mol. The summed E-state index contributed by atoms with van der Waals surface area (Å²) in [6.45, 7) is 8.07. The molecule has 1 amide bonds. The van der Waals surface area contributed by atoms with Crippen LogP contribution in [0.2, 0.25) is 0 Å². The van der Waals surface area contributed by atoms with Crippen molar-refractivity contribution in [3.05, 3.63) is 78.1 Å². The minimum absolute atomic E-state index is 0.103. The predicted octanol–water partition coefficient (Wildman–Crippen LogP) is 3.51. The zero-order valence-electron chi connectivity index (χ0n) is 18.2. The molecule has 0 saturated carbocycles. The summed E-state index contributed by atoms with van der Waals surface area (Å²) in [4.78, 5) is 17.4. The molecule has 2 heterocycles. The number of benzene rings is 2. The van der Waals surface area contributed by atoms with E-state index in [0.717, 1.165) is 56.9 Å². The highest BCUT2D eigenvalue weighted by Gasteiger charge is 2.17. The molecular formula is C25H31N5O. The van der Waals surface area contributed by atoms with E-state index in [9.17, 15) is 4.79 Å². The molecule has 1 aliphatic heterocycles. The van der Waals surface area contributed by atoms with E-state index < -0.39 is 0 Å². The van der Waals surface area contributed by atoms with Crippen molar-refractivity contribution in [1.29, 1.82) is 0 Å². The Bertz CT molecular complexity index is 962. The van der Waals surface area contributed by atoms with Gasteiger partial charge < -0.3 is 10.2 Å². The van der Waals surface area contributed by atoms with Crippen LogP contribution in [0, 0.1) is 6.92 Å². The van der Waals surface area contributed by atoms with Gasteiger partial charge in [0.1, 0.15) is 0 Å². The van der Waals surface area contributed by atoms with Gasteiger partial charge in [-0.25, -0.2) is 4.68 Å². The van der Waals surface area contributed by atoms with Crippen molar-refractivity contribution in [3.8, 4) is 5.69 Å². The lowest BCUT2D eigenvalue weighted by Gasteiger charge is -2.36. The Morgan fingerprint density at radius 2 is 1.55 bits per heavy atom. The van der Waals surface area contributed by atoms with E-state index in [-0.39, 0.29) is 5.91 Å². The molecule has 1 aromatic heterocycles. The maximum atomic E-state index is 12.5. The van der Waals surface area contributed by atoms with E-state index in [2.05, 4.69) is 50.5 Å². The van der Waals surface area contributed by atoms with Crippen LogP contribution in [0.5, 0.6) is 0 Å². The van der Waals surface area contributed by atoms with Gasteiger partial charge in [-0.2, -0.15) is 5.10 Å². The van der Waals surface area contributed by atoms with E-state index in [0.29, 0.717) is 12.2 Å². The first-order chi connectivity index (χ1) is 15.2. The van der Waals surface area contributed by atoms with E-state index in [1.807, 2.05) is 48.0 Å². The van der Waals surface area contributed by atoms with Crippen molar-refractivity contribution < 1.29 is 4.79 Å². The Kier molecular flexibility index (Phi) is 6.99. The smallest absolute Gasteiger partial charge is 0.271 e. The largest absolute Gasteiger partial charge is 0.369 e. The normalized spacial score (nSPS) is 14.5. The van der Waals surface area contributed by atoms with Gasteiger partial charge in [0.15, 0.2) is 5.69 Å². The molecule has 0 spiro atoms. The summed E-state index contributed by atoms with van der Waals surface area (Å²) >= 11 is 0. The minimum Gasteiger partial charge on any atom is -0.369 e. The second kappa shape index (κ2) is 10.3. The highest BCUT2D eigenvalue weighted by atomic mass is 16.1. The Balaban J connectivity index is 1.15. The van der Waals surface area contributed by atoms with Gasteiger partial charge in [-0.05, 0) is 56.6 Å². The first-order valence-electron chi connectivity index (χ1n) is 11.1. The average Bonchev–Trinajstić information content (AvgIpc) is 3.22. The number of piperazine rings is 1. The topological polar surface area (TPSA) is 53.4 Å². The lowest BCUT2D eigenvalue weighted by Crippen LogP contribution is -2.46. The van der Waals surface area contributed by atoms with E-state index in [1.165, 1.54) is 5.69 Å². The van der Waals surface area contributed by atoms with Crippen molar-refractivity contribution in [2.24, 2.45) is 0 Å². The third-order valence-corrected chi connectivity index (χ3v) is 5.80. The standard InChI is InChI=1S/C25H31N5O/c1-21-20-24(27-30(21)23-12-6-3-7-13-23)25(31)26-14-8-9-15-28-16-18-29(19-17-28)22-10-4-2-5-11-22/h2-7,10-13,20H,8-9,14-19H2,1H3,(H,26,31). The van der Waals surface area contributed by atoms with Crippen molar-refractivity contribution in [1.82, 2.24) is 20.0 Å². The lowest BCUT2D eigenvalue weighted by atomic mass is 10.2. The molecule has 1 fully saturated rings. The van der Waals surface area contributed by atoms with E-state index in [4.69, 9.17) is 0 Å². The number of nitrogens with one attached hydrogen (secondary N) is 1. The molecule has 0 radical (unpaired) electrons. The highest BCUT2D eigenvalue weighted by Crippen LogP contribution is 2.16. The average molecular weight is 418 g/mol. The number of nitrogens with zero attached hydrogens (tertiary/aromatic N) is 4. The zero-order chi connectivity index (χ0) is 21.5. The fourth-order valence-corrected chi connectivity index (χ4v) is 4.04. The van der Waals surface area contributed by atoms with Gasteiger partial charge in [0.2, 0.25) is 0 Å². The van der Waals surface area contributed by atoms with Crippen LogP contribution in [0.1, 0.15) is 29.0 Å². The Morgan fingerprint density at radius 3 is 2.23 bits per heavy atom. The number of para-hydroxylation sites is 2. The Morgan fingerprint density at radius 1 is 0.903 bits per heavy atom. The maximum absolute atomic E-state index is 12.5. The second-order valence-corrected chi connectivity index (χ2v) is 8.05. The number of carbonyl (C=O) groups is 1. The lowest BCUT2D eigenvalue weighted by molar-refractivity contribution is 0.0947. The van der Waals surface area contributed by atoms with Gasteiger partial charge in [0.05, 0.1) is 5.69 Å². The molecule has 0 unspecified atom stereocenters. The van der Waals surface area contributed by atoms with Crippen molar-refractivity contribution in [2.45, 2.75) is 19.8 Å². The summed E-state index contributed by atoms with van der Waals surface area (Å²) in [5.41, 5.74) is 3.70. The van der Waals surface area contributed by atoms with Gasteiger partial charge in [-0.15, -0.1) is 0 Å². The molecule has 2 aromatic carbocycles. The van der Waals surface area contributed by atoms with Gasteiger partial charge in [-0.3, -0.25) is 9.69 Å². The van der Waals surface area contributed by atoms with E-state index >= 15 is 0 Å². The van der Waals surface area contributed by atoms with Crippen molar-refractivity contribution >= 4 is 11.6 Å². The molecule has 0 bridgehead atoms. The van der Waals surface area contributed by atoms with Gasteiger partial charge in [0, 0.05) is 44.1 Å². The second-order valence-electron chi connectivity index (χ2n) is 8.05. The zero-order valence-corrected chi connectivity index (χ0v) is 18.2. The molecule has 6 heteroatoms. The third kappa shape index (κ3) is 5.52. The first-order valence-corrected chi connectivity index (χ1v) is 11.1. The Hall–Kier alpha value is -3.12. The molecule has 31 heavy (non-hydrogen) atoms. The van der Waals surface area contributed by atoms with Crippen LogP contribution in [-0.4, -0.2) is 59.9 Å². The number of anilines is 1. The molecule has 6 nitrogen and oxygen atoms in total. The number of hydrogen-bond donors (Lipinski definition) is 1. The number of unbranched alkanes of at least 4 members (excludes halogenated alkanes) is 1. The summed E-state index contributed by atoms with van der Waals surface area (Å²) < 4.78 is 1.81. The summed E-state index contributed by atoms with van der Waals surface area (Å²) in [6, 6.07) is 22.4. The van der Waals surface area contributed by atoms with Crippen LogP contribution >= 0.6 is 0 Å². The van der Waals surface area contributed by atoms with Crippen LogP contribution in [0.15, 0.2) is 66.7 Å². The fourth-order valence-electron chi connectivity index (χ4n) is 4.04. The summed E-state index contributed by atoms with van der Waals surface area (Å²) in [5, 5.41) is 7.49. The number of aromatic nitrogens is 2. The number of aryl methyl sites for hydroxylation is 1. The molecule has 4 rings (SSSR count). The number of amides is 1. The molecule has 0 atom stereocenters. The van der Waals surface area contributed by atoms with Gasteiger partial charge in [-0.1, -0.05) is 36.4 Å². The van der Waals surface area contributed by atoms with Crippen LogP contribution < -0.4 is 10.2 Å². The molecule has 1 N–H and O–H groups in total. The van der Waals surface area contributed by atoms with Crippen molar-refractivity contribution in [3.63, 3.8) is 0 Å². The van der Waals surface area contributed by atoms with Crippen LogP contribution in [-0.2, 0) is 0 Å². The fraction of sp³-hybridized carbons (Fsp3) is 0.360. The first kappa shape index (κ1) is 21.1. The molecule has 3 aromatic rings. The monoisotopic (exact) mass is 417 g/mol. The maximum Gasteiger partial charge on any atom is 0.271 e. The molecule has 1 aliphatic rings. The molecule has 1 saturated heterocycles.